The fraction of sp³-hybridized carbons (Fsp3) is 0.381. The van der Waals surface area contributed by atoms with Crippen molar-refractivity contribution in [3.63, 3.8) is 0 Å². The number of rotatable bonds is 6. The zero-order valence-corrected chi connectivity index (χ0v) is 18.3. The van der Waals surface area contributed by atoms with Crippen LogP contribution >= 0.6 is 15.9 Å². The van der Waals surface area contributed by atoms with Gasteiger partial charge in [-0.3, -0.25) is 19.8 Å². The molecule has 0 bridgehead atoms. The highest BCUT2D eigenvalue weighted by Gasteiger charge is 2.32. The number of hydrogen-bond acceptors (Lipinski definition) is 5. The summed E-state index contributed by atoms with van der Waals surface area (Å²) in [7, 11) is 0. The lowest BCUT2D eigenvalue weighted by molar-refractivity contribution is -0.385. The molecular weight excluding hydrogens is 457 g/mol. The molecule has 1 aliphatic rings. The third-order valence-corrected chi connectivity index (χ3v) is 5.70. The topological polar surface area (TPSA) is 75.9 Å². The van der Waals surface area contributed by atoms with Crippen molar-refractivity contribution < 1.29 is 18.8 Å². The summed E-state index contributed by atoms with van der Waals surface area (Å²) in [5.74, 6) is -0.415. The van der Waals surface area contributed by atoms with E-state index in [1.165, 1.54) is 24.3 Å². The smallest absolute Gasteiger partial charge is 0.312 e. The van der Waals surface area contributed by atoms with Gasteiger partial charge in [-0.1, -0.05) is 28.1 Å². The first-order chi connectivity index (χ1) is 14.2. The van der Waals surface area contributed by atoms with E-state index >= 15 is 0 Å². The molecule has 0 aromatic heterocycles. The molecule has 0 aliphatic carbocycles. The Morgan fingerprint density at radius 3 is 2.57 bits per heavy atom. The summed E-state index contributed by atoms with van der Waals surface area (Å²) >= 11 is 3.20. The summed E-state index contributed by atoms with van der Waals surface area (Å²) in [5.41, 5.74) is 0.823. The molecule has 9 heteroatoms. The fourth-order valence-corrected chi connectivity index (χ4v) is 3.92. The van der Waals surface area contributed by atoms with Crippen LogP contribution in [0.5, 0.6) is 5.75 Å². The van der Waals surface area contributed by atoms with Crippen LogP contribution in [0.2, 0.25) is 0 Å². The molecule has 2 aromatic carbocycles. The molecule has 0 radical (unpaired) electrons. The SMILES string of the molecule is C[C@@H]1CN(Cc2ccc(F)cc2)[C@@H](C)CN1C(=O)COc1ccc(Br)cc1[N+](=O)[O-]. The third kappa shape index (κ3) is 5.34. The highest BCUT2D eigenvalue weighted by atomic mass is 79.9. The largest absolute Gasteiger partial charge is 0.477 e. The minimum Gasteiger partial charge on any atom is -0.477 e. The second kappa shape index (κ2) is 9.53. The number of amides is 1. The molecule has 0 N–H and O–H groups in total. The molecule has 0 spiro atoms. The molecule has 1 fully saturated rings. The summed E-state index contributed by atoms with van der Waals surface area (Å²) in [4.78, 5) is 27.4. The first kappa shape index (κ1) is 22.2. The van der Waals surface area contributed by atoms with Crippen LogP contribution in [0.4, 0.5) is 10.1 Å². The zero-order valence-electron chi connectivity index (χ0n) is 16.8. The van der Waals surface area contributed by atoms with Gasteiger partial charge in [0.15, 0.2) is 12.4 Å². The monoisotopic (exact) mass is 479 g/mol. The highest BCUT2D eigenvalue weighted by molar-refractivity contribution is 9.10. The summed E-state index contributed by atoms with van der Waals surface area (Å²) in [6.07, 6.45) is 0. The van der Waals surface area contributed by atoms with Crippen LogP contribution in [-0.2, 0) is 11.3 Å². The van der Waals surface area contributed by atoms with Crippen LogP contribution in [0.3, 0.4) is 0 Å². The summed E-state index contributed by atoms with van der Waals surface area (Å²) in [6.45, 7) is 5.60. The van der Waals surface area contributed by atoms with Crippen LogP contribution < -0.4 is 4.74 Å². The van der Waals surface area contributed by atoms with Gasteiger partial charge in [0.25, 0.3) is 5.91 Å². The van der Waals surface area contributed by atoms with E-state index in [4.69, 9.17) is 4.74 Å². The number of nitro groups is 1. The Morgan fingerprint density at radius 2 is 1.90 bits per heavy atom. The van der Waals surface area contributed by atoms with E-state index in [0.29, 0.717) is 24.1 Å². The normalized spacial score (nSPS) is 19.5. The zero-order chi connectivity index (χ0) is 21.8. The van der Waals surface area contributed by atoms with Gasteiger partial charge in [0.05, 0.1) is 4.92 Å². The van der Waals surface area contributed by atoms with Gasteiger partial charge in [-0.05, 0) is 43.7 Å². The summed E-state index contributed by atoms with van der Waals surface area (Å²) in [6, 6.07) is 10.9. The van der Waals surface area contributed by atoms with Crippen molar-refractivity contribution >= 4 is 27.5 Å². The number of nitro benzene ring substituents is 1. The Labute approximate surface area is 182 Å². The van der Waals surface area contributed by atoms with Gasteiger partial charge in [0, 0.05) is 42.3 Å². The third-order valence-electron chi connectivity index (χ3n) is 5.20. The maximum absolute atomic E-state index is 13.1. The average Bonchev–Trinajstić information content (AvgIpc) is 2.70. The van der Waals surface area contributed by atoms with Crippen molar-refractivity contribution in [2.45, 2.75) is 32.5 Å². The van der Waals surface area contributed by atoms with Crippen molar-refractivity contribution in [3.05, 3.63) is 68.4 Å². The Morgan fingerprint density at radius 1 is 1.20 bits per heavy atom. The molecular formula is C21H23BrFN3O4. The van der Waals surface area contributed by atoms with Crippen LogP contribution in [0, 0.1) is 15.9 Å². The lowest BCUT2D eigenvalue weighted by atomic mass is 10.1. The maximum Gasteiger partial charge on any atom is 0.312 e. The van der Waals surface area contributed by atoms with E-state index in [9.17, 15) is 19.3 Å². The van der Waals surface area contributed by atoms with Gasteiger partial charge >= 0.3 is 5.69 Å². The van der Waals surface area contributed by atoms with E-state index in [1.807, 2.05) is 13.8 Å². The number of benzene rings is 2. The number of ether oxygens (including phenoxy) is 1. The van der Waals surface area contributed by atoms with Gasteiger partial charge in [-0.25, -0.2) is 4.39 Å². The molecule has 30 heavy (non-hydrogen) atoms. The Balaban J connectivity index is 1.60. The van der Waals surface area contributed by atoms with Crippen molar-refractivity contribution in [1.82, 2.24) is 9.80 Å². The molecule has 0 unspecified atom stereocenters. The Kier molecular flexibility index (Phi) is 7.04. The van der Waals surface area contributed by atoms with Crippen LogP contribution in [-0.4, -0.2) is 52.4 Å². The Hall–Kier alpha value is -2.52. The van der Waals surface area contributed by atoms with Crippen molar-refractivity contribution in [1.29, 1.82) is 0 Å². The van der Waals surface area contributed by atoms with Crippen LogP contribution in [0.15, 0.2) is 46.9 Å². The van der Waals surface area contributed by atoms with E-state index in [2.05, 4.69) is 20.8 Å². The van der Waals surface area contributed by atoms with Crippen LogP contribution in [0.1, 0.15) is 19.4 Å². The molecule has 1 aliphatic heterocycles. The highest BCUT2D eigenvalue weighted by Crippen LogP contribution is 2.30. The van der Waals surface area contributed by atoms with Crippen LogP contribution in [0.25, 0.3) is 0 Å². The number of hydrogen-bond donors (Lipinski definition) is 0. The molecule has 1 heterocycles. The molecule has 1 saturated heterocycles. The second-order valence-electron chi connectivity index (χ2n) is 7.46. The Bertz CT molecular complexity index is 925. The molecule has 0 saturated carbocycles. The van der Waals surface area contributed by atoms with Crippen molar-refractivity contribution in [2.75, 3.05) is 19.7 Å². The minimum absolute atomic E-state index is 0.0438. The van der Waals surface area contributed by atoms with Crippen molar-refractivity contribution in [2.24, 2.45) is 0 Å². The molecule has 2 aromatic rings. The maximum atomic E-state index is 13.1. The van der Waals surface area contributed by atoms with Crippen molar-refractivity contribution in [3.8, 4) is 5.75 Å². The number of carbonyl (C=O) groups excluding carboxylic acids is 1. The summed E-state index contributed by atoms with van der Waals surface area (Å²) in [5, 5.41) is 11.2. The van der Waals surface area contributed by atoms with E-state index < -0.39 is 4.92 Å². The molecule has 1 amide bonds. The molecule has 160 valence electrons. The van der Waals surface area contributed by atoms with Gasteiger partial charge in [0.2, 0.25) is 0 Å². The first-order valence-corrected chi connectivity index (χ1v) is 10.4. The minimum atomic E-state index is -0.538. The standard InChI is InChI=1S/C21H23BrFN3O4/c1-14-11-25(15(2)10-24(14)12-16-3-6-18(23)7-4-16)21(27)13-30-20-8-5-17(22)9-19(20)26(28)29/h3-9,14-15H,10-13H2,1-2H3/t14-,15+/m0/s1. The lowest BCUT2D eigenvalue weighted by Crippen LogP contribution is -2.58. The van der Waals surface area contributed by atoms with Gasteiger partial charge in [0.1, 0.15) is 5.82 Å². The first-order valence-electron chi connectivity index (χ1n) is 9.59. The quantitative estimate of drug-likeness (QED) is 0.462. The molecule has 3 rings (SSSR count). The number of halogens is 2. The van der Waals surface area contributed by atoms with Gasteiger partial charge in [-0.15, -0.1) is 0 Å². The fourth-order valence-electron chi connectivity index (χ4n) is 3.57. The predicted octanol–water partition coefficient (Wildman–Crippen LogP) is 4.00. The number of piperazine rings is 1. The molecule has 7 nitrogen and oxygen atoms in total. The van der Waals surface area contributed by atoms with Gasteiger partial charge in [-0.2, -0.15) is 0 Å². The average molecular weight is 480 g/mol. The molecule has 2 atom stereocenters. The van der Waals surface area contributed by atoms with Gasteiger partial charge < -0.3 is 9.64 Å². The van der Waals surface area contributed by atoms with E-state index in [-0.39, 0.29) is 41.9 Å². The number of carbonyl (C=O) groups is 1. The predicted molar refractivity (Wildman–Crippen MR) is 114 cm³/mol. The number of nitrogens with zero attached hydrogens (tertiary/aromatic N) is 3. The lowest BCUT2D eigenvalue weighted by Gasteiger charge is -2.44. The summed E-state index contributed by atoms with van der Waals surface area (Å²) < 4.78 is 19.2. The van der Waals surface area contributed by atoms with E-state index in [1.54, 1.807) is 23.1 Å². The second-order valence-corrected chi connectivity index (χ2v) is 8.37. The van der Waals surface area contributed by atoms with E-state index in [0.717, 1.165) is 5.56 Å².